The normalized spacial score (nSPS) is 16.6. The van der Waals surface area contributed by atoms with E-state index in [1.165, 1.54) is 0 Å². The van der Waals surface area contributed by atoms with Gasteiger partial charge in [-0.25, -0.2) is 0 Å². The van der Waals surface area contributed by atoms with Crippen molar-refractivity contribution in [2.24, 2.45) is 11.8 Å². The molecule has 0 fully saturated rings. The zero-order valence-electron chi connectivity index (χ0n) is 14.0. The third kappa shape index (κ3) is 5.13. The Kier molecular flexibility index (Phi) is 8.17. The number of hydrogen-bond acceptors (Lipinski definition) is 4. The first-order chi connectivity index (χ1) is 10.6. The smallest absolute Gasteiger partial charge is 0.118 e. The molecule has 0 heterocycles. The molecule has 0 aliphatic rings. The van der Waals surface area contributed by atoms with Crippen molar-refractivity contribution in [1.29, 1.82) is 0 Å². The average Bonchev–Trinajstić information content (AvgIpc) is 2.56. The summed E-state index contributed by atoms with van der Waals surface area (Å²) >= 11 is 0. The van der Waals surface area contributed by atoms with Crippen LogP contribution in [0.4, 0.5) is 0 Å². The summed E-state index contributed by atoms with van der Waals surface area (Å²) in [7, 11) is 3.30. The SMILES string of the molecule is C=C[C@@H](OC)[C@@H](C)[C@H](OCc1ccc(OC)cc1)[C@H](C)CO. The van der Waals surface area contributed by atoms with Crippen molar-refractivity contribution in [1.82, 2.24) is 0 Å². The van der Waals surface area contributed by atoms with Crippen LogP contribution in [0.25, 0.3) is 0 Å². The molecule has 0 aliphatic carbocycles. The van der Waals surface area contributed by atoms with E-state index in [0.29, 0.717) is 6.61 Å². The molecule has 22 heavy (non-hydrogen) atoms. The molecule has 0 unspecified atom stereocenters. The van der Waals surface area contributed by atoms with Crippen molar-refractivity contribution in [3.8, 4) is 5.75 Å². The van der Waals surface area contributed by atoms with E-state index >= 15 is 0 Å². The first-order valence-electron chi connectivity index (χ1n) is 7.58. The lowest BCUT2D eigenvalue weighted by molar-refractivity contribution is -0.0724. The number of ether oxygens (including phenoxy) is 3. The molecule has 1 aromatic carbocycles. The van der Waals surface area contributed by atoms with Crippen LogP contribution in [-0.2, 0) is 16.1 Å². The largest absolute Gasteiger partial charge is 0.497 e. The van der Waals surface area contributed by atoms with Crippen LogP contribution in [0.2, 0.25) is 0 Å². The van der Waals surface area contributed by atoms with E-state index in [1.807, 2.05) is 31.2 Å². The van der Waals surface area contributed by atoms with Gasteiger partial charge in [-0.15, -0.1) is 6.58 Å². The number of aliphatic hydroxyl groups is 1. The molecule has 4 nitrogen and oxygen atoms in total. The highest BCUT2D eigenvalue weighted by Gasteiger charge is 2.29. The van der Waals surface area contributed by atoms with Gasteiger partial charge in [-0.05, 0) is 17.7 Å². The van der Waals surface area contributed by atoms with E-state index < -0.39 is 0 Å². The Morgan fingerprint density at radius 2 is 1.82 bits per heavy atom. The minimum atomic E-state index is -0.116. The maximum Gasteiger partial charge on any atom is 0.118 e. The van der Waals surface area contributed by atoms with Gasteiger partial charge in [-0.3, -0.25) is 0 Å². The van der Waals surface area contributed by atoms with Crippen LogP contribution in [0.3, 0.4) is 0 Å². The molecular weight excluding hydrogens is 280 g/mol. The lowest BCUT2D eigenvalue weighted by Crippen LogP contribution is -2.37. The highest BCUT2D eigenvalue weighted by atomic mass is 16.5. The molecule has 1 rings (SSSR count). The molecule has 0 aliphatic heterocycles. The third-order valence-electron chi connectivity index (χ3n) is 3.99. The van der Waals surface area contributed by atoms with Crippen LogP contribution in [-0.4, -0.2) is 38.1 Å². The molecule has 0 saturated carbocycles. The van der Waals surface area contributed by atoms with Gasteiger partial charge >= 0.3 is 0 Å². The van der Waals surface area contributed by atoms with Crippen LogP contribution in [0.1, 0.15) is 19.4 Å². The highest BCUT2D eigenvalue weighted by molar-refractivity contribution is 5.26. The van der Waals surface area contributed by atoms with Gasteiger partial charge in [0, 0.05) is 25.6 Å². The molecule has 0 amide bonds. The minimum absolute atomic E-state index is 0.0193. The Bertz CT molecular complexity index is 429. The predicted molar refractivity (Wildman–Crippen MR) is 88.0 cm³/mol. The minimum Gasteiger partial charge on any atom is -0.497 e. The van der Waals surface area contributed by atoms with Gasteiger partial charge in [-0.1, -0.05) is 32.1 Å². The molecule has 0 aromatic heterocycles. The second kappa shape index (κ2) is 9.62. The Balaban J connectivity index is 2.73. The number of methoxy groups -OCH3 is 2. The van der Waals surface area contributed by atoms with Gasteiger partial charge in [0.25, 0.3) is 0 Å². The van der Waals surface area contributed by atoms with E-state index in [2.05, 4.69) is 13.5 Å². The quantitative estimate of drug-likeness (QED) is 0.675. The van der Waals surface area contributed by atoms with Crippen molar-refractivity contribution in [2.75, 3.05) is 20.8 Å². The lowest BCUT2D eigenvalue weighted by Gasteiger charge is -2.32. The Morgan fingerprint density at radius 3 is 2.27 bits per heavy atom. The molecule has 0 spiro atoms. The fourth-order valence-corrected chi connectivity index (χ4v) is 2.56. The first-order valence-corrected chi connectivity index (χ1v) is 7.58. The van der Waals surface area contributed by atoms with Gasteiger partial charge in [-0.2, -0.15) is 0 Å². The predicted octanol–water partition coefficient (Wildman–Crippen LogP) is 3.05. The second-order valence-corrected chi connectivity index (χ2v) is 5.58. The summed E-state index contributed by atoms with van der Waals surface area (Å²) in [5.41, 5.74) is 1.07. The fourth-order valence-electron chi connectivity index (χ4n) is 2.56. The monoisotopic (exact) mass is 308 g/mol. The fraction of sp³-hybridized carbons (Fsp3) is 0.556. The lowest BCUT2D eigenvalue weighted by atomic mass is 9.89. The van der Waals surface area contributed by atoms with Crippen molar-refractivity contribution in [3.63, 3.8) is 0 Å². The number of rotatable bonds is 10. The summed E-state index contributed by atoms with van der Waals surface area (Å²) < 4.78 is 16.6. The van der Waals surface area contributed by atoms with E-state index in [9.17, 15) is 5.11 Å². The molecular formula is C18H28O4. The summed E-state index contributed by atoms with van der Waals surface area (Å²) in [6.45, 7) is 8.39. The molecule has 1 aromatic rings. The molecule has 4 heteroatoms. The molecule has 0 saturated heterocycles. The van der Waals surface area contributed by atoms with Gasteiger partial charge in [0.05, 0.1) is 25.9 Å². The summed E-state index contributed by atoms with van der Waals surface area (Å²) in [5, 5.41) is 9.48. The van der Waals surface area contributed by atoms with Crippen molar-refractivity contribution in [3.05, 3.63) is 42.5 Å². The third-order valence-corrected chi connectivity index (χ3v) is 3.99. The van der Waals surface area contributed by atoms with Crippen LogP contribution in [0.5, 0.6) is 5.75 Å². The van der Waals surface area contributed by atoms with Gasteiger partial charge in [0.2, 0.25) is 0 Å². The van der Waals surface area contributed by atoms with E-state index in [4.69, 9.17) is 14.2 Å². The van der Waals surface area contributed by atoms with Crippen LogP contribution in [0, 0.1) is 11.8 Å². The summed E-state index contributed by atoms with van der Waals surface area (Å²) in [5.74, 6) is 0.942. The first kappa shape index (κ1) is 18.7. The topological polar surface area (TPSA) is 47.9 Å². The van der Waals surface area contributed by atoms with E-state index in [0.717, 1.165) is 11.3 Å². The zero-order chi connectivity index (χ0) is 16.5. The van der Waals surface area contributed by atoms with E-state index in [1.54, 1.807) is 20.3 Å². The molecule has 124 valence electrons. The van der Waals surface area contributed by atoms with Gasteiger partial charge in [0.15, 0.2) is 0 Å². The Morgan fingerprint density at radius 1 is 1.18 bits per heavy atom. The van der Waals surface area contributed by atoms with Crippen molar-refractivity contribution in [2.45, 2.75) is 32.7 Å². The molecule has 0 bridgehead atoms. The number of hydrogen-bond donors (Lipinski definition) is 1. The molecule has 0 radical (unpaired) electrons. The standard InChI is InChI=1S/C18H28O4/c1-6-17(21-5)14(3)18(13(2)11-19)22-12-15-7-9-16(20-4)10-8-15/h6-10,13-14,17-19H,1,11-12H2,2-5H3/t13-,14-,17-,18-/m1/s1. The maximum atomic E-state index is 9.48. The van der Waals surface area contributed by atoms with Crippen LogP contribution < -0.4 is 4.74 Å². The molecule has 4 atom stereocenters. The average molecular weight is 308 g/mol. The summed E-state index contributed by atoms with van der Waals surface area (Å²) in [4.78, 5) is 0. The van der Waals surface area contributed by atoms with Crippen molar-refractivity contribution >= 4 is 0 Å². The Hall–Kier alpha value is -1.36. The van der Waals surface area contributed by atoms with Crippen molar-refractivity contribution < 1.29 is 19.3 Å². The van der Waals surface area contributed by atoms with E-state index in [-0.39, 0.29) is 30.7 Å². The number of benzene rings is 1. The highest BCUT2D eigenvalue weighted by Crippen LogP contribution is 2.24. The second-order valence-electron chi connectivity index (χ2n) is 5.58. The maximum absolute atomic E-state index is 9.48. The van der Waals surface area contributed by atoms with Crippen LogP contribution >= 0.6 is 0 Å². The van der Waals surface area contributed by atoms with Gasteiger partial charge in [0.1, 0.15) is 5.75 Å². The number of aliphatic hydroxyl groups excluding tert-OH is 1. The zero-order valence-corrected chi connectivity index (χ0v) is 14.0. The van der Waals surface area contributed by atoms with Crippen LogP contribution in [0.15, 0.2) is 36.9 Å². The Labute approximate surface area is 133 Å². The van der Waals surface area contributed by atoms with Gasteiger partial charge < -0.3 is 19.3 Å². The summed E-state index contributed by atoms with van der Waals surface area (Å²) in [6, 6.07) is 7.78. The molecule has 1 N–H and O–H groups in total. The summed E-state index contributed by atoms with van der Waals surface area (Å²) in [6.07, 6.45) is 1.56.